The Bertz CT molecular complexity index is 312. The molecule has 1 aliphatic carbocycles. The van der Waals surface area contributed by atoms with Crippen LogP contribution in [0.4, 0.5) is 0 Å². The van der Waals surface area contributed by atoms with E-state index >= 15 is 0 Å². The van der Waals surface area contributed by atoms with Crippen molar-refractivity contribution in [2.45, 2.75) is 51.5 Å². The minimum Gasteiger partial charge on any atom is -0.465 e. The van der Waals surface area contributed by atoms with Gasteiger partial charge in [0.1, 0.15) is 11.5 Å². The second-order valence-corrected chi connectivity index (χ2v) is 5.03. The first-order valence-electron chi connectivity index (χ1n) is 6.53. The van der Waals surface area contributed by atoms with E-state index in [1.807, 2.05) is 14.0 Å². The van der Waals surface area contributed by atoms with Crippen molar-refractivity contribution >= 4 is 0 Å². The number of hydrogen-bond acceptors (Lipinski definition) is 2. The van der Waals surface area contributed by atoms with E-state index in [1.165, 1.54) is 38.5 Å². The van der Waals surface area contributed by atoms with E-state index in [2.05, 4.69) is 17.4 Å². The Morgan fingerprint density at radius 2 is 2.06 bits per heavy atom. The van der Waals surface area contributed by atoms with Gasteiger partial charge >= 0.3 is 0 Å². The van der Waals surface area contributed by atoms with Crippen LogP contribution in [0.3, 0.4) is 0 Å². The van der Waals surface area contributed by atoms with E-state index in [0.717, 1.165) is 17.4 Å². The Morgan fingerprint density at radius 3 is 2.62 bits per heavy atom. The van der Waals surface area contributed by atoms with Crippen molar-refractivity contribution in [1.29, 1.82) is 0 Å². The van der Waals surface area contributed by atoms with Gasteiger partial charge in [-0.05, 0) is 38.4 Å². The molecule has 2 rings (SSSR count). The van der Waals surface area contributed by atoms with Crippen LogP contribution in [0, 0.1) is 12.8 Å². The molecule has 0 saturated heterocycles. The van der Waals surface area contributed by atoms with Crippen LogP contribution < -0.4 is 5.32 Å². The van der Waals surface area contributed by atoms with E-state index in [1.54, 1.807) is 0 Å². The van der Waals surface area contributed by atoms with E-state index in [-0.39, 0.29) is 0 Å². The lowest BCUT2D eigenvalue weighted by molar-refractivity contribution is 0.285. The molecule has 0 spiro atoms. The molecular weight excluding hydrogens is 198 g/mol. The molecule has 1 N–H and O–H groups in total. The zero-order chi connectivity index (χ0) is 11.4. The van der Waals surface area contributed by atoms with Gasteiger partial charge in [0.25, 0.3) is 0 Å². The van der Waals surface area contributed by atoms with E-state index in [9.17, 15) is 0 Å². The monoisotopic (exact) mass is 221 g/mol. The fourth-order valence-corrected chi connectivity index (χ4v) is 2.77. The maximum absolute atomic E-state index is 5.72. The average Bonchev–Trinajstić information content (AvgIpc) is 2.74. The number of hydrogen-bond donors (Lipinski definition) is 1. The normalized spacial score (nSPS) is 19.9. The van der Waals surface area contributed by atoms with Gasteiger partial charge in [0.2, 0.25) is 0 Å². The maximum Gasteiger partial charge on any atom is 0.121 e. The molecule has 1 atom stereocenters. The molecule has 2 nitrogen and oxygen atoms in total. The minimum absolute atomic E-state index is 0.400. The lowest BCUT2D eigenvalue weighted by Crippen LogP contribution is -2.20. The van der Waals surface area contributed by atoms with E-state index in [4.69, 9.17) is 4.42 Å². The predicted octanol–water partition coefficient (Wildman–Crippen LogP) is 3.82. The third-order valence-corrected chi connectivity index (χ3v) is 3.75. The van der Waals surface area contributed by atoms with Crippen molar-refractivity contribution in [3.05, 3.63) is 23.7 Å². The van der Waals surface area contributed by atoms with Gasteiger partial charge in [-0.15, -0.1) is 0 Å². The lowest BCUT2D eigenvalue weighted by atomic mass is 9.84. The van der Waals surface area contributed by atoms with Crippen LogP contribution in [0.15, 0.2) is 16.5 Å². The first-order valence-corrected chi connectivity index (χ1v) is 6.53. The van der Waals surface area contributed by atoms with Crippen molar-refractivity contribution < 1.29 is 4.42 Å². The van der Waals surface area contributed by atoms with Crippen molar-refractivity contribution in [1.82, 2.24) is 5.32 Å². The van der Waals surface area contributed by atoms with Crippen molar-refractivity contribution in [3.8, 4) is 0 Å². The third kappa shape index (κ3) is 2.88. The van der Waals surface area contributed by atoms with Gasteiger partial charge in [-0.1, -0.05) is 32.1 Å². The molecular formula is C14H23NO. The van der Waals surface area contributed by atoms with Gasteiger partial charge in [-0.3, -0.25) is 0 Å². The molecule has 1 saturated carbocycles. The molecule has 0 aromatic carbocycles. The van der Waals surface area contributed by atoms with Gasteiger partial charge in [-0.2, -0.15) is 0 Å². The summed E-state index contributed by atoms with van der Waals surface area (Å²) in [5, 5.41) is 3.39. The fraction of sp³-hybridized carbons (Fsp3) is 0.714. The van der Waals surface area contributed by atoms with Crippen LogP contribution in [0.1, 0.15) is 56.1 Å². The Kier molecular flexibility index (Phi) is 4.05. The van der Waals surface area contributed by atoms with Gasteiger partial charge in [0, 0.05) is 0 Å². The van der Waals surface area contributed by atoms with Crippen LogP contribution >= 0.6 is 0 Å². The van der Waals surface area contributed by atoms with Gasteiger partial charge in [0.05, 0.1) is 6.04 Å². The second-order valence-electron chi connectivity index (χ2n) is 5.03. The van der Waals surface area contributed by atoms with Crippen LogP contribution in [0.5, 0.6) is 0 Å². The molecule has 0 amide bonds. The molecule has 0 radical (unpaired) electrons. The number of rotatable bonds is 4. The minimum atomic E-state index is 0.400. The highest BCUT2D eigenvalue weighted by Crippen LogP contribution is 2.32. The zero-order valence-corrected chi connectivity index (χ0v) is 10.5. The van der Waals surface area contributed by atoms with E-state index in [0.29, 0.717) is 6.04 Å². The summed E-state index contributed by atoms with van der Waals surface area (Å²) in [6, 6.07) is 4.57. The summed E-state index contributed by atoms with van der Waals surface area (Å²) in [6.45, 7) is 2.01. The Labute approximate surface area is 98.4 Å². The molecule has 1 aliphatic rings. The van der Waals surface area contributed by atoms with Crippen LogP contribution in [0.25, 0.3) is 0 Å². The molecule has 1 fully saturated rings. The summed E-state index contributed by atoms with van der Waals surface area (Å²) in [7, 11) is 2.03. The largest absolute Gasteiger partial charge is 0.465 e. The highest BCUT2D eigenvalue weighted by Gasteiger charge is 2.20. The average molecular weight is 221 g/mol. The van der Waals surface area contributed by atoms with Gasteiger partial charge in [-0.25, -0.2) is 0 Å². The van der Waals surface area contributed by atoms with Gasteiger partial charge < -0.3 is 9.73 Å². The molecule has 1 aromatic rings. The molecule has 0 bridgehead atoms. The standard InChI is InChI=1S/C14H23NO/c1-11-8-9-14(16-11)13(15-2)10-12-6-4-3-5-7-12/h8-9,12-13,15H,3-7,10H2,1-2H3. The Hall–Kier alpha value is -0.760. The van der Waals surface area contributed by atoms with Crippen LogP contribution in [0.2, 0.25) is 0 Å². The van der Waals surface area contributed by atoms with E-state index < -0.39 is 0 Å². The summed E-state index contributed by atoms with van der Waals surface area (Å²) < 4.78 is 5.72. The summed E-state index contributed by atoms with van der Waals surface area (Å²) in [6.07, 6.45) is 8.29. The second kappa shape index (κ2) is 5.53. The molecule has 16 heavy (non-hydrogen) atoms. The number of furan rings is 1. The smallest absolute Gasteiger partial charge is 0.121 e. The number of aryl methyl sites for hydroxylation is 1. The summed E-state index contributed by atoms with van der Waals surface area (Å²) >= 11 is 0. The molecule has 90 valence electrons. The van der Waals surface area contributed by atoms with Crippen molar-refractivity contribution in [2.24, 2.45) is 5.92 Å². The van der Waals surface area contributed by atoms with Crippen LogP contribution in [-0.4, -0.2) is 7.05 Å². The highest BCUT2D eigenvalue weighted by atomic mass is 16.3. The lowest BCUT2D eigenvalue weighted by Gasteiger charge is -2.25. The topological polar surface area (TPSA) is 25.2 Å². The highest BCUT2D eigenvalue weighted by molar-refractivity contribution is 5.09. The Balaban J connectivity index is 1.94. The summed E-state index contributed by atoms with van der Waals surface area (Å²) in [5.41, 5.74) is 0. The quantitative estimate of drug-likeness (QED) is 0.836. The number of nitrogens with one attached hydrogen (secondary N) is 1. The third-order valence-electron chi connectivity index (χ3n) is 3.75. The zero-order valence-electron chi connectivity index (χ0n) is 10.5. The molecule has 1 aromatic heterocycles. The predicted molar refractivity (Wildman–Crippen MR) is 66.4 cm³/mol. The fourth-order valence-electron chi connectivity index (χ4n) is 2.77. The Morgan fingerprint density at radius 1 is 1.31 bits per heavy atom. The molecule has 2 heteroatoms. The first-order chi connectivity index (χ1) is 7.79. The summed E-state index contributed by atoms with van der Waals surface area (Å²) in [5.74, 6) is 3.00. The molecule has 0 aliphatic heterocycles. The molecule has 1 unspecified atom stereocenters. The SMILES string of the molecule is CNC(CC1CCCCC1)c1ccc(C)o1. The molecule has 1 heterocycles. The van der Waals surface area contributed by atoms with Crippen molar-refractivity contribution in [2.75, 3.05) is 7.05 Å². The summed E-state index contributed by atoms with van der Waals surface area (Å²) in [4.78, 5) is 0. The first kappa shape index (κ1) is 11.7. The van der Waals surface area contributed by atoms with Crippen LogP contribution in [-0.2, 0) is 0 Å². The van der Waals surface area contributed by atoms with Crippen molar-refractivity contribution in [3.63, 3.8) is 0 Å². The maximum atomic E-state index is 5.72. The van der Waals surface area contributed by atoms with Gasteiger partial charge in [0.15, 0.2) is 0 Å².